The molecule has 1 saturated heterocycles. The molecule has 170 valence electrons. The highest BCUT2D eigenvalue weighted by atomic mass is 16.5. The van der Waals surface area contributed by atoms with Gasteiger partial charge in [-0.1, -0.05) is 17.7 Å². The van der Waals surface area contributed by atoms with Crippen molar-refractivity contribution >= 4 is 28.6 Å². The van der Waals surface area contributed by atoms with Gasteiger partial charge < -0.3 is 19.4 Å². The number of aromatic nitrogens is 4. The summed E-state index contributed by atoms with van der Waals surface area (Å²) in [6, 6.07) is 11.8. The molecule has 9 nitrogen and oxygen atoms in total. The number of Topliss-reactive ketones (excluding diaryl/α,β-unsaturated/α-hetero) is 1. The van der Waals surface area contributed by atoms with Gasteiger partial charge in [-0.3, -0.25) is 4.79 Å². The van der Waals surface area contributed by atoms with Crippen LogP contribution in [0.15, 0.2) is 47.1 Å². The first-order valence-corrected chi connectivity index (χ1v) is 11.0. The number of carbonyl (C=O) groups is 1. The Morgan fingerprint density at radius 3 is 2.61 bits per heavy atom. The predicted molar refractivity (Wildman–Crippen MR) is 125 cm³/mol. The van der Waals surface area contributed by atoms with Crippen molar-refractivity contribution in [2.45, 2.75) is 26.8 Å². The van der Waals surface area contributed by atoms with Crippen LogP contribution in [0.4, 0.5) is 11.8 Å². The number of aryl methyl sites for hydroxylation is 1. The fraction of sp³-hybridized carbons (Fsp3) is 0.333. The van der Waals surface area contributed by atoms with Crippen molar-refractivity contribution in [3.63, 3.8) is 0 Å². The normalized spacial score (nSPS) is 14.1. The zero-order valence-corrected chi connectivity index (χ0v) is 18.7. The van der Waals surface area contributed by atoms with E-state index in [-0.39, 0.29) is 12.2 Å². The highest BCUT2D eigenvalue weighted by molar-refractivity contribution is 5.95. The molecule has 0 aliphatic carbocycles. The van der Waals surface area contributed by atoms with Crippen molar-refractivity contribution < 1.29 is 13.9 Å². The van der Waals surface area contributed by atoms with Crippen molar-refractivity contribution in [2.75, 3.05) is 36.5 Å². The maximum absolute atomic E-state index is 12.1. The number of furan rings is 1. The Bertz CT molecular complexity index is 1260. The molecule has 4 aromatic rings. The zero-order valence-electron chi connectivity index (χ0n) is 18.7. The van der Waals surface area contributed by atoms with Gasteiger partial charge in [-0.05, 0) is 38.1 Å². The molecule has 1 aliphatic heterocycles. The van der Waals surface area contributed by atoms with Crippen LogP contribution in [-0.2, 0) is 22.5 Å². The molecular formula is C24H26N6O3. The molecule has 0 amide bonds. The molecule has 0 atom stereocenters. The second-order valence-electron chi connectivity index (χ2n) is 8.17. The van der Waals surface area contributed by atoms with Crippen LogP contribution in [-0.4, -0.2) is 51.8 Å². The van der Waals surface area contributed by atoms with Crippen LogP contribution in [0.2, 0.25) is 0 Å². The van der Waals surface area contributed by atoms with E-state index in [9.17, 15) is 4.79 Å². The van der Waals surface area contributed by atoms with Crippen LogP contribution >= 0.6 is 0 Å². The summed E-state index contributed by atoms with van der Waals surface area (Å²) in [6.07, 6.45) is 1.86. The van der Waals surface area contributed by atoms with Crippen molar-refractivity contribution in [2.24, 2.45) is 0 Å². The molecule has 1 aliphatic rings. The Morgan fingerprint density at radius 2 is 1.91 bits per heavy atom. The lowest BCUT2D eigenvalue weighted by Gasteiger charge is -2.28. The smallest absolute Gasteiger partial charge is 0.227 e. The van der Waals surface area contributed by atoms with Crippen LogP contribution in [0, 0.1) is 6.92 Å². The molecule has 3 aromatic heterocycles. The monoisotopic (exact) mass is 446 g/mol. The number of ketones is 1. The molecule has 4 heterocycles. The average molecular weight is 447 g/mol. The van der Waals surface area contributed by atoms with E-state index in [1.807, 2.05) is 43.3 Å². The maximum atomic E-state index is 12.1. The number of hydrogen-bond acceptors (Lipinski definition) is 8. The van der Waals surface area contributed by atoms with E-state index in [1.54, 1.807) is 17.9 Å². The van der Waals surface area contributed by atoms with Gasteiger partial charge in [0.25, 0.3) is 0 Å². The maximum Gasteiger partial charge on any atom is 0.227 e. The van der Waals surface area contributed by atoms with Crippen LogP contribution in [0.3, 0.4) is 0 Å². The number of rotatable bonds is 7. The van der Waals surface area contributed by atoms with Gasteiger partial charge in [-0.15, -0.1) is 0 Å². The molecular weight excluding hydrogens is 420 g/mol. The Labute approximate surface area is 191 Å². The number of hydrogen-bond donors (Lipinski definition) is 1. The average Bonchev–Trinajstić information content (AvgIpc) is 3.46. The van der Waals surface area contributed by atoms with E-state index in [0.29, 0.717) is 50.1 Å². The van der Waals surface area contributed by atoms with Gasteiger partial charge in [0, 0.05) is 13.1 Å². The van der Waals surface area contributed by atoms with Crippen molar-refractivity contribution in [3.05, 3.63) is 59.7 Å². The summed E-state index contributed by atoms with van der Waals surface area (Å²) >= 11 is 0. The number of morpholine rings is 1. The standard InChI is InChI=1S/C24H26N6O3/c1-16-5-7-18(8-6-16)30-23-21(20(28-30)14-17(2)31)22(29-9-12-32-13-10-29)26-24(27-23)25-15-19-4-3-11-33-19/h3-8,11H,9-10,12-15H2,1-2H3,(H,25,26,27). The molecule has 0 unspecified atom stereocenters. The fourth-order valence-electron chi connectivity index (χ4n) is 3.95. The third-order valence-corrected chi connectivity index (χ3v) is 5.59. The SMILES string of the molecule is CC(=O)Cc1nn(-c2ccc(C)cc2)c2nc(NCc3ccco3)nc(N3CCOCC3)c12. The first kappa shape index (κ1) is 21.1. The molecule has 1 aromatic carbocycles. The highest BCUT2D eigenvalue weighted by Crippen LogP contribution is 2.31. The molecule has 0 spiro atoms. The van der Waals surface area contributed by atoms with Gasteiger partial charge >= 0.3 is 0 Å². The number of fused-ring (bicyclic) bond motifs is 1. The van der Waals surface area contributed by atoms with Gasteiger partial charge in [0.15, 0.2) is 5.65 Å². The molecule has 9 heteroatoms. The zero-order chi connectivity index (χ0) is 22.8. The molecule has 5 rings (SSSR count). The van der Waals surface area contributed by atoms with E-state index in [1.165, 1.54) is 0 Å². The van der Waals surface area contributed by atoms with E-state index < -0.39 is 0 Å². The van der Waals surface area contributed by atoms with Gasteiger partial charge in [0.2, 0.25) is 5.95 Å². The van der Waals surface area contributed by atoms with Gasteiger partial charge in [-0.25, -0.2) is 4.68 Å². The minimum Gasteiger partial charge on any atom is -0.467 e. The molecule has 0 saturated carbocycles. The van der Waals surface area contributed by atoms with Crippen LogP contribution in [0.1, 0.15) is 23.9 Å². The van der Waals surface area contributed by atoms with Crippen molar-refractivity contribution in [1.82, 2.24) is 19.7 Å². The number of nitrogens with one attached hydrogen (secondary N) is 1. The lowest BCUT2D eigenvalue weighted by atomic mass is 10.1. The first-order chi connectivity index (χ1) is 16.1. The molecule has 0 bridgehead atoms. The van der Waals surface area contributed by atoms with Crippen LogP contribution < -0.4 is 10.2 Å². The summed E-state index contributed by atoms with van der Waals surface area (Å²) in [5, 5.41) is 8.90. The van der Waals surface area contributed by atoms with Gasteiger partial charge in [-0.2, -0.15) is 15.1 Å². The summed E-state index contributed by atoms with van der Waals surface area (Å²) in [7, 11) is 0. The van der Waals surface area contributed by atoms with E-state index in [2.05, 4.69) is 10.2 Å². The molecule has 1 fully saturated rings. The van der Waals surface area contributed by atoms with Gasteiger partial charge in [0.1, 0.15) is 17.4 Å². The minimum atomic E-state index is 0.0402. The largest absolute Gasteiger partial charge is 0.467 e. The number of ether oxygens (including phenoxy) is 1. The summed E-state index contributed by atoms with van der Waals surface area (Å²) < 4.78 is 12.8. The Balaban J connectivity index is 1.67. The summed E-state index contributed by atoms with van der Waals surface area (Å²) in [5.74, 6) is 2.07. The Morgan fingerprint density at radius 1 is 1.12 bits per heavy atom. The third kappa shape index (κ3) is 4.45. The first-order valence-electron chi connectivity index (χ1n) is 11.0. The van der Waals surface area contributed by atoms with Crippen molar-refractivity contribution in [1.29, 1.82) is 0 Å². The van der Waals surface area contributed by atoms with Crippen LogP contribution in [0.5, 0.6) is 0 Å². The number of benzene rings is 1. The van der Waals surface area contributed by atoms with E-state index in [4.69, 9.17) is 24.2 Å². The van der Waals surface area contributed by atoms with E-state index in [0.717, 1.165) is 28.2 Å². The minimum absolute atomic E-state index is 0.0402. The summed E-state index contributed by atoms with van der Waals surface area (Å²) in [6.45, 7) is 6.73. The second-order valence-corrected chi connectivity index (χ2v) is 8.17. The molecule has 1 N–H and O–H groups in total. The summed E-state index contributed by atoms with van der Waals surface area (Å²) in [4.78, 5) is 23.9. The summed E-state index contributed by atoms with van der Waals surface area (Å²) in [5.41, 5.74) is 3.37. The highest BCUT2D eigenvalue weighted by Gasteiger charge is 2.25. The number of nitrogens with zero attached hydrogens (tertiary/aromatic N) is 5. The fourth-order valence-corrected chi connectivity index (χ4v) is 3.95. The van der Waals surface area contributed by atoms with Crippen LogP contribution in [0.25, 0.3) is 16.7 Å². The Kier molecular flexibility index (Phi) is 5.78. The number of carbonyl (C=O) groups excluding carboxylic acids is 1. The number of anilines is 2. The lowest BCUT2D eigenvalue weighted by molar-refractivity contribution is -0.116. The van der Waals surface area contributed by atoms with Gasteiger partial charge in [0.05, 0.1) is 49.2 Å². The third-order valence-electron chi connectivity index (χ3n) is 5.59. The lowest BCUT2D eigenvalue weighted by Crippen LogP contribution is -2.37. The van der Waals surface area contributed by atoms with Crippen molar-refractivity contribution in [3.8, 4) is 5.69 Å². The molecule has 0 radical (unpaired) electrons. The quantitative estimate of drug-likeness (QED) is 0.462. The topological polar surface area (TPSA) is 98.3 Å². The predicted octanol–water partition coefficient (Wildman–Crippen LogP) is 3.30. The second kappa shape index (κ2) is 9.03. The van der Waals surface area contributed by atoms with E-state index >= 15 is 0 Å². The Hall–Kier alpha value is -3.72. The molecule has 33 heavy (non-hydrogen) atoms.